The van der Waals surface area contributed by atoms with Crippen molar-refractivity contribution in [3.8, 4) is 6.07 Å². The largest absolute Gasteiger partial charge is 0.283 e. The molecule has 0 amide bonds. The second-order valence-electron chi connectivity index (χ2n) is 4.30. The maximum absolute atomic E-state index is 12.1. The normalized spacial score (nSPS) is 10.9. The van der Waals surface area contributed by atoms with Crippen LogP contribution in [0, 0.1) is 11.3 Å². The van der Waals surface area contributed by atoms with Crippen molar-refractivity contribution in [2.24, 2.45) is 0 Å². The monoisotopic (exact) mass is 340 g/mol. The van der Waals surface area contributed by atoms with Crippen LogP contribution in [0.5, 0.6) is 0 Å². The van der Waals surface area contributed by atoms with E-state index in [0.29, 0.717) is 21.8 Å². The number of anilines is 1. The third-order valence-corrected chi connectivity index (χ3v) is 4.63. The second kappa shape index (κ2) is 6.35. The van der Waals surface area contributed by atoms with Gasteiger partial charge >= 0.3 is 0 Å². The average molecular weight is 341 g/mol. The molecule has 7 heteroatoms. The summed E-state index contributed by atoms with van der Waals surface area (Å²) in [5, 5.41) is 9.33. The zero-order valence-electron chi connectivity index (χ0n) is 10.7. The van der Waals surface area contributed by atoms with Crippen LogP contribution in [0.15, 0.2) is 42.5 Å². The van der Waals surface area contributed by atoms with Gasteiger partial charge in [-0.05, 0) is 35.9 Å². The van der Waals surface area contributed by atoms with Gasteiger partial charge in [0.2, 0.25) is 10.0 Å². The number of nitriles is 1. The minimum atomic E-state index is -3.57. The third-order valence-electron chi connectivity index (χ3n) is 2.63. The number of rotatable bonds is 4. The molecule has 0 radical (unpaired) electrons. The Morgan fingerprint density at radius 3 is 2.29 bits per heavy atom. The molecule has 0 aliphatic rings. The first kappa shape index (κ1) is 15.6. The summed E-state index contributed by atoms with van der Waals surface area (Å²) in [6, 6.07) is 12.8. The van der Waals surface area contributed by atoms with Crippen molar-refractivity contribution >= 4 is 38.9 Å². The lowest BCUT2D eigenvalue weighted by molar-refractivity contribution is 0.600. The zero-order chi connectivity index (χ0) is 15.5. The molecule has 21 heavy (non-hydrogen) atoms. The lowest BCUT2D eigenvalue weighted by atomic mass is 10.2. The summed E-state index contributed by atoms with van der Waals surface area (Å²) >= 11 is 11.6. The van der Waals surface area contributed by atoms with Crippen molar-refractivity contribution in [1.82, 2.24) is 0 Å². The average Bonchev–Trinajstić information content (AvgIpc) is 2.43. The highest BCUT2D eigenvalue weighted by Gasteiger charge is 2.12. The quantitative estimate of drug-likeness (QED) is 0.919. The fraction of sp³-hybridized carbons (Fsp3) is 0.0714. The summed E-state index contributed by atoms with van der Waals surface area (Å²) in [6.45, 7) is 0. The Morgan fingerprint density at radius 2 is 1.71 bits per heavy atom. The van der Waals surface area contributed by atoms with Crippen LogP contribution in [0.1, 0.15) is 11.1 Å². The van der Waals surface area contributed by atoms with Crippen molar-refractivity contribution in [1.29, 1.82) is 5.26 Å². The first-order valence-electron chi connectivity index (χ1n) is 5.84. The van der Waals surface area contributed by atoms with Crippen molar-refractivity contribution in [2.75, 3.05) is 4.72 Å². The van der Waals surface area contributed by atoms with Gasteiger partial charge in [0.1, 0.15) is 0 Å². The third kappa shape index (κ3) is 4.36. The van der Waals surface area contributed by atoms with E-state index in [1.807, 2.05) is 6.07 Å². The summed E-state index contributed by atoms with van der Waals surface area (Å²) in [5.74, 6) is -0.195. The molecule has 108 valence electrons. The van der Waals surface area contributed by atoms with Crippen LogP contribution in [-0.4, -0.2) is 8.42 Å². The van der Waals surface area contributed by atoms with Crippen LogP contribution >= 0.6 is 23.2 Å². The van der Waals surface area contributed by atoms with Crippen molar-refractivity contribution in [3.05, 3.63) is 63.6 Å². The van der Waals surface area contributed by atoms with Crippen LogP contribution in [0.4, 0.5) is 5.69 Å². The van der Waals surface area contributed by atoms with Gasteiger partial charge in [0.05, 0.1) is 33.1 Å². The highest BCUT2D eigenvalue weighted by atomic mass is 35.5. The molecule has 1 N–H and O–H groups in total. The summed E-state index contributed by atoms with van der Waals surface area (Å²) in [7, 11) is -3.57. The van der Waals surface area contributed by atoms with Crippen molar-refractivity contribution < 1.29 is 8.42 Å². The second-order valence-corrected chi connectivity index (χ2v) is 6.84. The summed E-state index contributed by atoms with van der Waals surface area (Å²) in [6.07, 6.45) is 0. The summed E-state index contributed by atoms with van der Waals surface area (Å²) < 4.78 is 26.6. The van der Waals surface area contributed by atoms with Crippen molar-refractivity contribution in [2.45, 2.75) is 5.75 Å². The van der Waals surface area contributed by atoms with Gasteiger partial charge in [-0.2, -0.15) is 5.26 Å². The molecule has 2 aromatic carbocycles. The Kier molecular flexibility index (Phi) is 4.73. The van der Waals surface area contributed by atoms with Gasteiger partial charge in [0.25, 0.3) is 0 Å². The van der Waals surface area contributed by atoms with E-state index in [9.17, 15) is 8.42 Å². The van der Waals surface area contributed by atoms with Gasteiger partial charge < -0.3 is 0 Å². The van der Waals surface area contributed by atoms with E-state index in [1.165, 1.54) is 18.2 Å². The molecular formula is C14H10Cl2N2O2S. The fourth-order valence-corrected chi connectivity index (χ4v) is 3.16. The Bertz CT molecular complexity index is 797. The Labute approximate surface area is 133 Å². The van der Waals surface area contributed by atoms with Crippen LogP contribution < -0.4 is 4.72 Å². The molecule has 0 saturated carbocycles. The van der Waals surface area contributed by atoms with Gasteiger partial charge in [-0.1, -0.05) is 35.3 Å². The number of hydrogen-bond acceptors (Lipinski definition) is 3. The van der Waals surface area contributed by atoms with E-state index in [2.05, 4.69) is 4.72 Å². The smallest absolute Gasteiger partial charge is 0.236 e. The highest BCUT2D eigenvalue weighted by molar-refractivity contribution is 7.91. The van der Waals surface area contributed by atoms with Crippen molar-refractivity contribution in [3.63, 3.8) is 0 Å². The molecule has 0 aliphatic carbocycles. The van der Waals surface area contributed by atoms with Gasteiger partial charge in [0, 0.05) is 0 Å². The predicted octanol–water partition coefficient (Wildman–Crippen LogP) is 3.81. The highest BCUT2D eigenvalue weighted by Crippen LogP contribution is 2.25. The van der Waals surface area contributed by atoms with E-state index in [4.69, 9.17) is 28.5 Å². The fourth-order valence-electron chi connectivity index (χ4n) is 1.67. The molecule has 0 aliphatic heterocycles. The molecule has 0 fully saturated rings. The molecule has 0 saturated heterocycles. The number of nitrogens with zero attached hydrogens (tertiary/aromatic N) is 1. The van der Waals surface area contributed by atoms with E-state index in [1.54, 1.807) is 24.3 Å². The molecule has 0 unspecified atom stereocenters. The first-order chi connectivity index (χ1) is 9.89. The predicted molar refractivity (Wildman–Crippen MR) is 83.9 cm³/mol. The molecule has 2 aromatic rings. The molecule has 2 rings (SSSR count). The lowest BCUT2D eigenvalue weighted by Crippen LogP contribution is -2.15. The summed E-state index contributed by atoms with van der Waals surface area (Å²) in [5.41, 5.74) is 1.41. The zero-order valence-corrected chi connectivity index (χ0v) is 13.0. The van der Waals surface area contributed by atoms with Crippen LogP contribution in [0.25, 0.3) is 0 Å². The molecule has 0 spiro atoms. The Hall–Kier alpha value is -1.74. The minimum Gasteiger partial charge on any atom is -0.283 e. The molecular weight excluding hydrogens is 331 g/mol. The topological polar surface area (TPSA) is 70.0 Å². The SMILES string of the molecule is N#Cc1ccc(CS(=O)(=O)Nc2ccc(Cl)c(Cl)c2)cc1. The van der Waals surface area contributed by atoms with E-state index in [-0.39, 0.29) is 10.8 Å². The van der Waals surface area contributed by atoms with Gasteiger partial charge in [-0.15, -0.1) is 0 Å². The number of hydrogen-bond donors (Lipinski definition) is 1. The first-order valence-corrected chi connectivity index (χ1v) is 8.25. The van der Waals surface area contributed by atoms with Gasteiger partial charge in [0.15, 0.2) is 0 Å². The Morgan fingerprint density at radius 1 is 1.05 bits per heavy atom. The van der Waals surface area contributed by atoms with Crippen LogP contribution in [-0.2, 0) is 15.8 Å². The number of halogens is 2. The number of sulfonamides is 1. The number of benzene rings is 2. The van der Waals surface area contributed by atoms with Gasteiger partial charge in [-0.3, -0.25) is 4.72 Å². The van der Waals surface area contributed by atoms with Gasteiger partial charge in [-0.25, -0.2) is 8.42 Å². The lowest BCUT2D eigenvalue weighted by Gasteiger charge is -2.09. The number of nitrogens with one attached hydrogen (secondary N) is 1. The summed E-state index contributed by atoms with van der Waals surface area (Å²) in [4.78, 5) is 0. The van der Waals surface area contributed by atoms with E-state index >= 15 is 0 Å². The van der Waals surface area contributed by atoms with Crippen LogP contribution in [0.2, 0.25) is 10.0 Å². The van der Waals surface area contributed by atoms with E-state index in [0.717, 1.165) is 0 Å². The molecule has 0 atom stereocenters. The van der Waals surface area contributed by atoms with E-state index < -0.39 is 10.0 Å². The Balaban J connectivity index is 2.14. The maximum Gasteiger partial charge on any atom is 0.236 e. The molecule has 4 nitrogen and oxygen atoms in total. The molecule has 0 bridgehead atoms. The molecule has 0 aromatic heterocycles. The minimum absolute atomic E-state index is 0.195. The molecule has 0 heterocycles. The standard InChI is InChI=1S/C14H10Cl2N2O2S/c15-13-6-5-12(7-14(13)16)18-21(19,20)9-11-3-1-10(8-17)2-4-11/h1-7,18H,9H2. The van der Waals surface area contributed by atoms with Crippen LogP contribution in [0.3, 0.4) is 0 Å². The maximum atomic E-state index is 12.1.